The molecule has 0 bridgehead atoms. The second-order valence-corrected chi connectivity index (χ2v) is 7.20. The lowest BCUT2D eigenvalue weighted by molar-refractivity contribution is -0.119. The predicted octanol–water partition coefficient (Wildman–Crippen LogP) is 3.27. The van der Waals surface area contributed by atoms with E-state index in [0.29, 0.717) is 31.7 Å². The molecule has 3 heterocycles. The van der Waals surface area contributed by atoms with Crippen LogP contribution in [-0.4, -0.2) is 41.4 Å². The van der Waals surface area contributed by atoms with Gasteiger partial charge in [-0.05, 0) is 55.0 Å². The van der Waals surface area contributed by atoms with Gasteiger partial charge in [0.2, 0.25) is 5.91 Å². The van der Waals surface area contributed by atoms with Gasteiger partial charge in [-0.2, -0.15) is 0 Å². The van der Waals surface area contributed by atoms with Crippen molar-refractivity contribution in [3.63, 3.8) is 0 Å². The predicted molar refractivity (Wildman–Crippen MR) is 111 cm³/mol. The molecule has 1 aliphatic heterocycles. The highest BCUT2D eigenvalue weighted by atomic mass is 16.5. The van der Waals surface area contributed by atoms with E-state index in [9.17, 15) is 9.59 Å². The smallest absolute Gasteiger partial charge is 0.290 e. The molecule has 0 spiro atoms. The Balaban J connectivity index is 1.54. The molecule has 0 unspecified atom stereocenters. The molecule has 1 fully saturated rings. The molecule has 3 aromatic rings. The maximum Gasteiger partial charge on any atom is 0.290 e. The highest BCUT2D eigenvalue weighted by molar-refractivity contribution is 5.92. The highest BCUT2D eigenvalue weighted by Gasteiger charge is 2.27. The van der Waals surface area contributed by atoms with Gasteiger partial charge in [0.25, 0.3) is 5.91 Å². The van der Waals surface area contributed by atoms with Crippen molar-refractivity contribution >= 4 is 11.8 Å². The van der Waals surface area contributed by atoms with Crippen LogP contribution in [0.4, 0.5) is 0 Å². The van der Waals surface area contributed by atoms with Gasteiger partial charge in [-0.25, -0.2) is 0 Å². The van der Waals surface area contributed by atoms with Crippen molar-refractivity contribution in [2.45, 2.75) is 25.4 Å². The molecule has 1 aromatic carbocycles. The van der Waals surface area contributed by atoms with Crippen LogP contribution in [0.25, 0.3) is 11.3 Å². The Morgan fingerprint density at radius 1 is 1.20 bits per heavy atom. The van der Waals surface area contributed by atoms with Crippen LogP contribution in [0.5, 0.6) is 5.75 Å². The molecule has 7 nitrogen and oxygen atoms in total. The van der Waals surface area contributed by atoms with Crippen molar-refractivity contribution in [1.29, 1.82) is 0 Å². The number of carbonyl (C=O) groups is 2. The number of nitrogens with one attached hydrogen (secondary N) is 1. The first kappa shape index (κ1) is 19.7. The molecular weight excluding hydrogens is 382 g/mol. The summed E-state index contributed by atoms with van der Waals surface area (Å²) in [6.45, 7) is 0.740. The largest absolute Gasteiger partial charge is 0.497 e. The van der Waals surface area contributed by atoms with Gasteiger partial charge < -0.3 is 19.4 Å². The van der Waals surface area contributed by atoms with Crippen LogP contribution in [0, 0.1) is 0 Å². The highest BCUT2D eigenvalue weighted by Crippen LogP contribution is 2.25. The Labute approximate surface area is 174 Å². The number of furan rings is 1. The minimum atomic E-state index is -0.235. The zero-order valence-electron chi connectivity index (χ0n) is 16.7. The molecule has 30 heavy (non-hydrogen) atoms. The quantitative estimate of drug-likeness (QED) is 0.652. The van der Waals surface area contributed by atoms with Crippen LogP contribution in [0.3, 0.4) is 0 Å². The van der Waals surface area contributed by atoms with Gasteiger partial charge in [0.05, 0.1) is 19.3 Å². The van der Waals surface area contributed by atoms with Gasteiger partial charge in [-0.15, -0.1) is 0 Å². The molecule has 7 heteroatoms. The summed E-state index contributed by atoms with van der Waals surface area (Å²) in [6, 6.07) is 16.4. The van der Waals surface area contributed by atoms with Crippen LogP contribution >= 0.6 is 0 Å². The lowest BCUT2D eigenvalue weighted by atomic mass is 10.2. The number of hydrogen-bond acceptors (Lipinski definition) is 5. The van der Waals surface area contributed by atoms with Crippen molar-refractivity contribution in [2.24, 2.45) is 0 Å². The third kappa shape index (κ3) is 4.51. The van der Waals surface area contributed by atoms with Crippen molar-refractivity contribution in [3.8, 4) is 17.1 Å². The minimum Gasteiger partial charge on any atom is -0.497 e. The van der Waals surface area contributed by atoms with E-state index in [1.165, 1.54) is 0 Å². The molecular formula is C23H23N3O4. The topological polar surface area (TPSA) is 84.7 Å². The maximum atomic E-state index is 13.2. The van der Waals surface area contributed by atoms with Crippen molar-refractivity contribution in [3.05, 3.63) is 72.2 Å². The van der Waals surface area contributed by atoms with Gasteiger partial charge in [0.15, 0.2) is 5.76 Å². The van der Waals surface area contributed by atoms with Gasteiger partial charge >= 0.3 is 0 Å². The maximum absolute atomic E-state index is 13.2. The number of methoxy groups -OCH3 is 1. The van der Waals surface area contributed by atoms with Gasteiger partial charge in [-0.3, -0.25) is 14.6 Å². The number of pyridine rings is 1. The third-order valence-electron chi connectivity index (χ3n) is 5.08. The Kier molecular flexibility index (Phi) is 5.79. The summed E-state index contributed by atoms with van der Waals surface area (Å²) < 4.78 is 11.0. The van der Waals surface area contributed by atoms with Crippen LogP contribution in [0.2, 0.25) is 0 Å². The van der Waals surface area contributed by atoms with Gasteiger partial charge in [0, 0.05) is 30.8 Å². The third-order valence-corrected chi connectivity index (χ3v) is 5.08. The zero-order valence-corrected chi connectivity index (χ0v) is 16.7. The van der Waals surface area contributed by atoms with Gasteiger partial charge in [-0.1, -0.05) is 6.07 Å². The summed E-state index contributed by atoms with van der Waals surface area (Å²) >= 11 is 0. The average Bonchev–Trinajstić information content (AvgIpc) is 3.43. The van der Waals surface area contributed by atoms with Crippen molar-refractivity contribution in [2.75, 3.05) is 13.7 Å². The van der Waals surface area contributed by atoms with E-state index in [1.807, 2.05) is 42.5 Å². The second-order valence-electron chi connectivity index (χ2n) is 7.20. The number of rotatable bonds is 7. The number of aromatic nitrogens is 1. The average molecular weight is 405 g/mol. The first-order valence-electron chi connectivity index (χ1n) is 9.85. The molecule has 2 amide bonds. The standard InChI is InChI=1S/C23H23N3O4/c1-29-19-8-5-16(6-9-19)20-10-11-21(30-20)23(28)26(14-17-4-2-3-13-24-17)15-18-7-12-22(27)25-18/h2-6,8-11,13,18H,7,12,14-15H2,1H3,(H,25,27)/t18-/m0/s1. The summed E-state index contributed by atoms with van der Waals surface area (Å²) in [7, 11) is 1.61. The minimum absolute atomic E-state index is 0.0185. The molecule has 1 aliphatic rings. The molecule has 1 saturated heterocycles. The number of carbonyl (C=O) groups excluding carboxylic acids is 2. The van der Waals surface area contributed by atoms with Crippen molar-refractivity contribution < 1.29 is 18.7 Å². The molecule has 0 aliphatic carbocycles. The monoisotopic (exact) mass is 405 g/mol. The van der Waals surface area contributed by atoms with E-state index >= 15 is 0 Å². The molecule has 1 N–H and O–H groups in total. The van der Waals surface area contributed by atoms with Crippen molar-refractivity contribution in [1.82, 2.24) is 15.2 Å². The summed E-state index contributed by atoms with van der Waals surface area (Å²) in [6.07, 6.45) is 2.89. The zero-order chi connectivity index (χ0) is 20.9. The van der Waals surface area contributed by atoms with E-state index in [-0.39, 0.29) is 23.6 Å². The summed E-state index contributed by atoms with van der Waals surface area (Å²) in [4.78, 5) is 30.8. The van der Waals surface area contributed by atoms with Crippen LogP contribution in [0.1, 0.15) is 29.1 Å². The molecule has 154 valence electrons. The first-order chi connectivity index (χ1) is 14.6. The van der Waals surface area contributed by atoms with E-state index < -0.39 is 0 Å². The Morgan fingerprint density at radius 2 is 2.03 bits per heavy atom. The fourth-order valence-corrected chi connectivity index (χ4v) is 3.51. The number of ether oxygens (including phenoxy) is 1. The van der Waals surface area contributed by atoms with Gasteiger partial charge in [0.1, 0.15) is 11.5 Å². The normalized spacial score (nSPS) is 15.6. The lowest BCUT2D eigenvalue weighted by Gasteiger charge is -2.24. The molecule has 2 aromatic heterocycles. The van der Waals surface area contributed by atoms with Crippen LogP contribution < -0.4 is 10.1 Å². The fourth-order valence-electron chi connectivity index (χ4n) is 3.51. The van der Waals surface area contributed by atoms with E-state index in [0.717, 1.165) is 17.0 Å². The van der Waals surface area contributed by atoms with Crippen LogP contribution in [0.15, 0.2) is 65.2 Å². The van der Waals surface area contributed by atoms with E-state index in [2.05, 4.69) is 10.3 Å². The first-order valence-corrected chi connectivity index (χ1v) is 9.85. The molecule has 0 radical (unpaired) electrons. The summed E-state index contributed by atoms with van der Waals surface area (Å²) in [5.74, 6) is 1.39. The number of benzene rings is 1. The Bertz CT molecular complexity index is 1010. The van der Waals surface area contributed by atoms with E-state index in [4.69, 9.17) is 9.15 Å². The molecule has 0 saturated carbocycles. The Hall–Kier alpha value is -3.61. The molecule has 4 rings (SSSR count). The lowest BCUT2D eigenvalue weighted by Crippen LogP contribution is -2.41. The SMILES string of the molecule is COc1ccc(-c2ccc(C(=O)N(Cc3ccccn3)C[C@@H]3CCC(=O)N3)o2)cc1. The van der Waals surface area contributed by atoms with E-state index in [1.54, 1.807) is 30.3 Å². The molecule has 1 atom stereocenters. The van der Waals surface area contributed by atoms with Crippen LogP contribution in [-0.2, 0) is 11.3 Å². The number of amides is 2. The second kappa shape index (κ2) is 8.82. The fraction of sp³-hybridized carbons (Fsp3) is 0.261. The summed E-state index contributed by atoms with van der Waals surface area (Å²) in [5, 5.41) is 2.92. The summed E-state index contributed by atoms with van der Waals surface area (Å²) in [5.41, 5.74) is 1.63. The Morgan fingerprint density at radius 3 is 2.70 bits per heavy atom. The number of hydrogen-bond donors (Lipinski definition) is 1. The number of nitrogens with zero attached hydrogens (tertiary/aromatic N) is 2.